The summed E-state index contributed by atoms with van der Waals surface area (Å²) in [7, 11) is 4.06. The van der Waals surface area contributed by atoms with Gasteiger partial charge < -0.3 is 15.5 Å². The number of carbonyl (C=O) groups excluding carboxylic acids is 1. The van der Waals surface area contributed by atoms with E-state index >= 15 is 0 Å². The van der Waals surface area contributed by atoms with E-state index in [0.29, 0.717) is 19.5 Å². The minimum absolute atomic E-state index is 0.0659. The van der Waals surface area contributed by atoms with Crippen molar-refractivity contribution in [3.05, 3.63) is 30.1 Å². The van der Waals surface area contributed by atoms with Gasteiger partial charge in [-0.1, -0.05) is 6.07 Å². The summed E-state index contributed by atoms with van der Waals surface area (Å²) in [6.45, 7) is 3.15. The Bertz CT molecular complexity index is 340. The molecule has 1 rings (SSSR count). The van der Waals surface area contributed by atoms with Gasteiger partial charge in [-0.3, -0.25) is 9.78 Å². The number of aromatic nitrogens is 1. The molecule has 0 aliphatic heterocycles. The molecule has 5 nitrogen and oxygen atoms in total. The summed E-state index contributed by atoms with van der Waals surface area (Å²) < 4.78 is 0. The minimum Gasteiger partial charge on any atom is -0.352 e. The summed E-state index contributed by atoms with van der Waals surface area (Å²) in [5.74, 6) is 0.0659. The van der Waals surface area contributed by atoms with Gasteiger partial charge >= 0.3 is 0 Å². The molecule has 0 aliphatic rings. The molecule has 2 N–H and O–H groups in total. The van der Waals surface area contributed by atoms with Crippen LogP contribution in [0.2, 0.25) is 0 Å². The summed E-state index contributed by atoms with van der Waals surface area (Å²) in [6.07, 6.45) is 3.99. The third-order valence-corrected chi connectivity index (χ3v) is 2.48. The molecule has 1 amide bonds. The van der Waals surface area contributed by atoms with Gasteiger partial charge in [0.1, 0.15) is 0 Å². The van der Waals surface area contributed by atoms with E-state index in [9.17, 15) is 4.79 Å². The quantitative estimate of drug-likeness (QED) is 0.649. The first-order valence-electron chi connectivity index (χ1n) is 6.19. The normalized spacial score (nSPS) is 10.6. The van der Waals surface area contributed by atoms with Crippen LogP contribution in [-0.4, -0.2) is 49.5 Å². The van der Waals surface area contributed by atoms with Crippen LogP contribution in [0.4, 0.5) is 0 Å². The standard InChI is InChI=1S/C13H22N4O/c1-17(2)9-8-14-7-5-13(18)16-11-12-4-3-6-15-10-12/h3-4,6,10,14H,5,7-9,11H2,1-2H3,(H,16,18). The molecule has 1 heterocycles. The lowest BCUT2D eigenvalue weighted by Crippen LogP contribution is -2.31. The van der Waals surface area contributed by atoms with Crippen LogP contribution in [0, 0.1) is 0 Å². The Morgan fingerprint density at radius 2 is 2.22 bits per heavy atom. The molecule has 18 heavy (non-hydrogen) atoms. The molecular formula is C13H22N4O. The number of nitrogens with zero attached hydrogens (tertiary/aromatic N) is 2. The molecule has 0 spiro atoms. The van der Waals surface area contributed by atoms with Gasteiger partial charge in [0.25, 0.3) is 0 Å². The van der Waals surface area contributed by atoms with Gasteiger partial charge in [0, 0.05) is 45.0 Å². The van der Waals surface area contributed by atoms with Crippen LogP contribution in [-0.2, 0) is 11.3 Å². The molecule has 0 fully saturated rings. The van der Waals surface area contributed by atoms with Crippen molar-refractivity contribution < 1.29 is 4.79 Å². The van der Waals surface area contributed by atoms with Crippen molar-refractivity contribution in [2.45, 2.75) is 13.0 Å². The number of rotatable bonds is 8. The molecule has 5 heteroatoms. The lowest BCUT2D eigenvalue weighted by atomic mass is 10.3. The summed E-state index contributed by atoms with van der Waals surface area (Å²) in [4.78, 5) is 17.6. The van der Waals surface area contributed by atoms with Crippen LogP contribution in [0.25, 0.3) is 0 Å². The molecule has 0 unspecified atom stereocenters. The monoisotopic (exact) mass is 250 g/mol. The fraction of sp³-hybridized carbons (Fsp3) is 0.538. The Hall–Kier alpha value is -1.46. The Morgan fingerprint density at radius 3 is 2.89 bits per heavy atom. The van der Waals surface area contributed by atoms with Gasteiger partial charge in [0.05, 0.1) is 0 Å². The van der Waals surface area contributed by atoms with E-state index in [4.69, 9.17) is 0 Å². The second-order valence-corrected chi connectivity index (χ2v) is 4.44. The predicted octanol–water partition coefficient (Wildman–Crippen LogP) is 0.239. The Labute approximate surface area is 109 Å². The zero-order valence-electron chi connectivity index (χ0n) is 11.1. The summed E-state index contributed by atoms with van der Waals surface area (Å²) in [6, 6.07) is 3.81. The van der Waals surface area contributed by atoms with E-state index in [2.05, 4.69) is 20.5 Å². The molecule has 1 aromatic rings. The zero-order chi connectivity index (χ0) is 13.2. The maximum atomic E-state index is 11.5. The molecule has 0 atom stereocenters. The highest BCUT2D eigenvalue weighted by molar-refractivity contribution is 5.76. The molecule has 0 aliphatic carbocycles. The second-order valence-electron chi connectivity index (χ2n) is 4.44. The Morgan fingerprint density at radius 1 is 1.39 bits per heavy atom. The van der Waals surface area contributed by atoms with E-state index in [1.54, 1.807) is 12.4 Å². The summed E-state index contributed by atoms with van der Waals surface area (Å²) >= 11 is 0. The van der Waals surface area contributed by atoms with Crippen molar-refractivity contribution in [3.63, 3.8) is 0 Å². The zero-order valence-corrected chi connectivity index (χ0v) is 11.1. The minimum atomic E-state index is 0.0659. The number of nitrogens with one attached hydrogen (secondary N) is 2. The molecule has 0 aromatic carbocycles. The van der Waals surface area contributed by atoms with Crippen LogP contribution in [0.1, 0.15) is 12.0 Å². The van der Waals surface area contributed by atoms with Crippen LogP contribution in [0.3, 0.4) is 0 Å². The Balaban J connectivity index is 2.04. The topological polar surface area (TPSA) is 57.3 Å². The van der Waals surface area contributed by atoms with E-state index in [0.717, 1.165) is 18.7 Å². The second kappa shape index (κ2) is 8.60. The number of amides is 1. The molecule has 100 valence electrons. The lowest BCUT2D eigenvalue weighted by molar-refractivity contribution is -0.121. The highest BCUT2D eigenvalue weighted by Gasteiger charge is 2.00. The maximum absolute atomic E-state index is 11.5. The largest absolute Gasteiger partial charge is 0.352 e. The van der Waals surface area contributed by atoms with Crippen molar-refractivity contribution in [3.8, 4) is 0 Å². The fourth-order valence-electron chi connectivity index (χ4n) is 1.42. The van der Waals surface area contributed by atoms with E-state index in [-0.39, 0.29) is 5.91 Å². The lowest BCUT2D eigenvalue weighted by Gasteiger charge is -2.10. The van der Waals surface area contributed by atoms with Gasteiger partial charge in [0.15, 0.2) is 0 Å². The van der Waals surface area contributed by atoms with Crippen molar-refractivity contribution >= 4 is 5.91 Å². The van der Waals surface area contributed by atoms with Crippen molar-refractivity contribution in [1.82, 2.24) is 20.5 Å². The van der Waals surface area contributed by atoms with Gasteiger partial charge in [-0.2, -0.15) is 0 Å². The van der Waals surface area contributed by atoms with Crippen molar-refractivity contribution in [2.24, 2.45) is 0 Å². The van der Waals surface area contributed by atoms with E-state index in [1.165, 1.54) is 0 Å². The first-order valence-corrected chi connectivity index (χ1v) is 6.19. The molecule has 0 saturated heterocycles. The average molecular weight is 250 g/mol. The van der Waals surface area contributed by atoms with E-state index < -0.39 is 0 Å². The fourth-order valence-corrected chi connectivity index (χ4v) is 1.42. The Kier molecular flexibility index (Phi) is 6.98. The molecule has 0 bridgehead atoms. The highest BCUT2D eigenvalue weighted by atomic mass is 16.1. The van der Waals surface area contributed by atoms with Crippen LogP contribution >= 0.6 is 0 Å². The smallest absolute Gasteiger partial charge is 0.221 e. The summed E-state index contributed by atoms with van der Waals surface area (Å²) in [5.41, 5.74) is 1.02. The molecule has 0 saturated carbocycles. The summed E-state index contributed by atoms with van der Waals surface area (Å²) in [5, 5.41) is 6.10. The first kappa shape index (κ1) is 14.6. The molecule has 0 radical (unpaired) electrons. The molecular weight excluding hydrogens is 228 g/mol. The van der Waals surface area contributed by atoms with Gasteiger partial charge in [-0.15, -0.1) is 0 Å². The van der Waals surface area contributed by atoms with Crippen LogP contribution in [0.15, 0.2) is 24.5 Å². The van der Waals surface area contributed by atoms with Crippen LogP contribution in [0.5, 0.6) is 0 Å². The average Bonchev–Trinajstić information content (AvgIpc) is 2.37. The van der Waals surface area contributed by atoms with Gasteiger partial charge in [0.2, 0.25) is 5.91 Å². The third kappa shape index (κ3) is 6.98. The number of pyridine rings is 1. The van der Waals surface area contributed by atoms with Crippen molar-refractivity contribution in [2.75, 3.05) is 33.7 Å². The first-order chi connectivity index (χ1) is 8.68. The SMILES string of the molecule is CN(C)CCNCCC(=O)NCc1cccnc1. The van der Waals surface area contributed by atoms with E-state index in [1.807, 2.05) is 26.2 Å². The van der Waals surface area contributed by atoms with Gasteiger partial charge in [-0.05, 0) is 25.7 Å². The number of likely N-dealkylation sites (N-methyl/N-ethyl adjacent to an activating group) is 1. The number of hydrogen-bond donors (Lipinski definition) is 2. The molecule has 1 aromatic heterocycles. The third-order valence-electron chi connectivity index (χ3n) is 2.48. The van der Waals surface area contributed by atoms with Gasteiger partial charge in [-0.25, -0.2) is 0 Å². The van der Waals surface area contributed by atoms with Crippen molar-refractivity contribution in [1.29, 1.82) is 0 Å². The maximum Gasteiger partial charge on any atom is 0.221 e. The number of carbonyl (C=O) groups is 1. The predicted molar refractivity (Wildman–Crippen MR) is 72.1 cm³/mol. The highest BCUT2D eigenvalue weighted by Crippen LogP contribution is 1.94. The number of hydrogen-bond acceptors (Lipinski definition) is 4. The van der Waals surface area contributed by atoms with Crippen LogP contribution < -0.4 is 10.6 Å².